The third kappa shape index (κ3) is 7.23. The van der Waals surface area contributed by atoms with Crippen LogP contribution in [0.25, 0.3) is 0 Å². The van der Waals surface area contributed by atoms with Gasteiger partial charge in [-0.05, 0) is 48.2 Å². The van der Waals surface area contributed by atoms with Gasteiger partial charge in [-0.2, -0.15) is 0 Å². The monoisotopic (exact) mass is 439 g/mol. The van der Waals surface area contributed by atoms with E-state index in [1.54, 1.807) is 12.1 Å². The molecule has 2 aromatic rings. The number of ether oxygens (including phenoxy) is 1. The van der Waals surface area contributed by atoms with E-state index in [9.17, 15) is 19.2 Å². The van der Waals surface area contributed by atoms with Crippen LogP contribution in [0.5, 0.6) is 0 Å². The molecule has 0 aliphatic rings. The summed E-state index contributed by atoms with van der Waals surface area (Å²) >= 11 is 0. The van der Waals surface area contributed by atoms with Crippen molar-refractivity contribution in [2.24, 2.45) is 0 Å². The first-order chi connectivity index (χ1) is 14.8. The maximum Gasteiger partial charge on any atom is 0.339 e. The van der Waals surface area contributed by atoms with Crippen LogP contribution in [0.15, 0.2) is 42.5 Å². The van der Waals surface area contributed by atoms with Gasteiger partial charge in [0.05, 0.1) is 5.56 Å². The van der Waals surface area contributed by atoms with Gasteiger partial charge in [-0.1, -0.05) is 32.9 Å². The minimum atomic E-state index is -1.07. The van der Waals surface area contributed by atoms with Gasteiger partial charge in [0.1, 0.15) is 0 Å². The Morgan fingerprint density at radius 1 is 0.781 bits per heavy atom. The molecule has 32 heavy (non-hydrogen) atoms. The highest BCUT2D eigenvalue weighted by molar-refractivity contribution is 6.00. The number of carbonyl (C=O) groups is 4. The number of anilines is 3. The maximum absolute atomic E-state index is 12.6. The van der Waals surface area contributed by atoms with Crippen molar-refractivity contribution >= 4 is 40.8 Å². The molecule has 0 aromatic heterocycles. The lowest BCUT2D eigenvalue weighted by Gasteiger charge is -2.19. The van der Waals surface area contributed by atoms with Gasteiger partial charge in [0.2, 0.25) is 11.8 Å². The van der Waals surface area contributed by atoms with Gasteiger partial charge in [0, 0.05) is 30.9 Å². The number of nitrogens with one attached hydrogen (secondary N) is 3. The van der Waals surface area contributed by atoms with Crippen LogP contribution in [0.4, 0.5) is 17.1 Å². The summed E-state index contributed by atoms with van der Waals surface area (Å²) in [6.45, 7) is 10.4. The molecule has 1 unspecified atom stereocenters. The Balaban J connectivity index is 2.10. The van der Waals surface area contributed by atoms with E-state index in [0.29, 0.717) is 17.1 Å². The zero-order valence-electron chi connectivity index (χ0n) is 19.2. The summed E-state index contributed by atoms with van der Waals surface area (Å²) in [7, 11) is 0. The Morgan fingerprint density at radius 3 is 1.72 bits per heavy atom. The van der Waals surface area contributed by atoms with Crippen LogP contribution >= 0.6 is 0 Å². The highest BCUT2D eigenvalue weighted by Crippen LogP contribution is 2.24. The van der Waals surface area contributed by atoms with E-state index in [2.05, 4.69) is 36.7 Å². The highest BCUT2D eigenvalue weighted by Gasteiger charge is 2.21. The molecule has 2 aromatic carbocycles. The minimum Gasteiger partial charge on any atom is -0.449 e. The van der Waals surface area contributed by atoms with Crippen molar-refractivity contribution in [3.8, 4) is 0 Å². The quantitative estimate of drug-likeness (QED) is 0.587. The third-order valence-corrected chi connectivity index (χ3v) is 4.48. The third-order valence-electron chi connectivity index (χ3n) is 4.48. The molecule has 8 heteroatoms. The second-order valence-electron chi connectivity index (χ2n) is 8.53. The van der Waals surface area contributed by atoms with E-state index in [0.717, 1.165) is 5.56 Å². The number of amides is 3. The normalized spacial score (nSPS) is 11.8. The Kier molecular flexibility index (Phi) is 7.75. The van der Waals surface area contributed by atoms with Crippen molar-refractivity contribution in [2.45, 2.75) is 53.1 Å². The minimum absolute atomic E-state index is 0.00670. The molecule has 0 radical (unpaired) electrons. The number of benzene rings is 2. The smallest absolute Gasteiger partial charge is 0.339 e. The standard InChI is InChI=1S/C24H29N3O5/c1-14(22(30)27-19-9-7-18(8-10-19)24(4,5)6)32-23(31)17-11-20(25-15(2)28)13-21(12-17)26-16(3)29/h7-14H,1-6H3,(H,25,28)(H,26,29)(H,27,30). The molecule has 0 fully saturated rings. The van der Waals surface area contributed by atoms with Gasteiger partial charge in [0.25, 0.3) is 5.91 Å². The Labute approximate surface area is 187 Å². The van der Waals surface area contributed by atoms with E-state index < -0.39 is 18.0 Å². The van der Waals surface area contributed by atoms with Gasteiger partial charge in [-0.25, -0.2) is 4.79 Å². The van der Waals surface area contributed by atoms with Gasteiger partial charge < -0.3 is 20.7 Å². The second kappa shape index (κ2) is 10.1. The van der Waals surface area contributed by atoms with Crippen molar-refractivity contribution < 1.29 is 23.9 Å². The van der Waals surface area contributed by atoms with Crippen molar-refractivity contribution in [3.05, 3.63) is 53.6 Å². The summed E-state index contributed by atoms with van der Waals surface area (Å²) in [4.78, 5) is 47.9. The first-order valence-electron chi connectivity index (χ1n) is 10.2. The first-order valence-corrected chi connectivity index (χ1v) is 10.2. The highest BCUT2D eigenvalue weighted by atomic mass is 16.5. The van der Waals surface area contributed by atoms with Crippen LogP contribution in [0.2, 0.25) is 0 Å². The Hall–Kier alpha value is -3.68. The van der Waals surface area contributed by atoms with Crippen LogP contribution < -0.4 is 16.0 Å². The van der Waals surface area contributed by atoms with E-state index in [-0.39, 0.29) is 22.8 Å². The predicted molar refractivity (Wildman–Crippen MR) is 124 cm³/mol. The van der Waals surface area contributed by atoms with Crippen LogP contribution in [0.3, 0.4) is 0 Å². The van der Waals surface area contributed by atoms with Crippen molar-refractivity contribution in [1.82, 2.24) is 0 Å². The van der Waals surface area contributed by atoms with E-state index in [1.807, 2.05) is 12.1 Å². The fraction of sp³-hybridized carbons (Fsp3) is 0.333. The Bertz CT molecular complexity index is 989. The molecule has 170 valence electrons. The summed E-state index contributed by atoms with van der Waals surface area (Å²) in [5.74, 6) is -1.93. The van der Waals surface area contributed by atoms with E-state index >= 15 is 0 Å². The van der Waals surface area contributed by atoms with Crippen LogP contribution in [-0.4, -0.2) is 29.8 Å². The number of esters is 1. The lowest BCUT2D eigenvalue weighted by atomic mass is 9.87. The lowest BCUT2D eigenvalue weighted by Crippen LogP contribution is -2.30. The van der Waals surface area contributed by atoms with E-state index in [4.69, 9.17) is 4.74 Å². The number of rotatable bonds is 6. The molecule has 3 amide bonds. The molecular formula is C24H29N3O5. The first kappa shape index (κ1) is 24.6. The molecule has 2 rings (SSSR count). The molecule has 8 nitrogen and oxygen atoms in total. The van der Waals surface area contributed by atoms with Gasteiger partial charge in [-0.15, -0.1) is 0 Å². The predicted octanol–water partition coefficient (Wildman–Crippen LogP) is 4.08. The number of hydrogen-bond acceptors (Lipinski definition) is 5. The van der Waals surface area contributed by atoms with E-state index in [1.165, 1.54) is 39.0 Å². The zero-order chi connectivity index (χ0) is 24.1. The lowest BCUT2D eigenvalue weighted by molar-refractivity contribution is -0.123. The summed E-state index contributed by atoms with van der Waals surface area (Å²) < 4.78 is 5.29. The molecule has 1 atom stereocenters. The molecule has 0 aliphatic carbocycles. The van der Waals surface area contributed by atoms with Gasteiger partial charge in [0.15, 0.2) is 6.10 Å². The van der Waals surface area contributed by atoms with Gasteiger partial charge >= 0.3 is 5.97 Å². The molecule has 0 heterocycles. The van der Waals surface area contributed by atoms with Crippen LogP contribution in [0.1, 0.15) is 57.5 Å². The summed E-state index contributed by atoms with van der Waals surface area (Å²) in [6, 6.07) is 11.8. The summed E-state index contributed by atoms with van der Waals surface area (Å²) in [5, 5.41) is 7.84. The molecule has 3 N–H and O–H groups in total. The topological polar surface area (TPSA) is 114 Å². The fourth-order valence-corrected chi connectivity index (χ4v) is 2.88. The average molecular weight is 440 g/mol. The molecular weight excluding hydrogens is 410 g/mol. The molecule has 0 saturated heterocycles. The number of carbonyl (C=O) groups excluding carboxylic acids is 4. The number of hydrogen-bond donors (Lipinski definition) is 3. The summed E-state index contributed by atoms with van der Waals surface area (Å²) in [6.07, 6.45) is -1.07. The maximum atomic E-state index is 12.6. The fourth-order valence-electron chi connectivity index (χ4n) is 2.88. The second-order valence-corrected chi connectivity index (χ2v) is 8.53. The van der Waals surface area contributed by atoms with Crippen molar-refractivity contribution in [1.29, 1.82) is 0 Å². The largest absolute Gasteiger partial charge is 0.449 e. The van der Waals surface area contributed by atoms with Crippen molar-refractivity contribution in [3.63, 3.8) is 0 Å². The molecule has 0 bridgehead atoms. The average Bonchev–Trinajstić information content (AvgIpc) is 2.66. The van der Waals surface area contributed by atoms with Crippen molar-refractivity contribution in [2.75, 3.05) is 16.0 Å². The SMILES string of the molecule is CC(=O)Nc1cc(NC(C)=O)cc(C(=O)OC(C)C(=O)Nc2ccc(C(C)(C)C)cc2)c1. The molecule has 0 saturated carbocycles. The Morgan fingerprint density at radius 2 is 1.28 bits per heavy atom. The molecule has 0 spiro atoms. The van der Waals surface area contributed by atoms with Gasteiger partial charge in [-0.3, -0.25) is 14.4 Å². The summed E-state index contributed by atoms with van der Waals surface area (Å²) in [5.41, 5.74) is 2.41. The van der Waals surface area contributed by atoms with Crippen LogP contribution in [0, 0.1) is 0 Å². The molecule has 0 aliphatic heterocycles. The zero-order valence-corrected chi connectivity index (χ0v) is 19.2. The van der Waals surface area contributed by atoms with Crippen LogP contribution in [-0.2, 0) is 24.5 Å².